The number of esters is 1. The summed E-state index contributed by atoms with van der Waals surface area (Å²) in [7, 11) is 1.59. The van der Waals surface area contributed by atoms with Crippen LogP contribution in [-0.2, 0) is 20.7 Å². The van der Waals surface area contributed by atoms with Crippen LogP contribution in [-0.4, -0.2) is 25.0 Å². The van der Waals surface area contributed by atoms with Crippen molar-refractivity contribution in [3.63, 3.8) is 0 Å². The largest absolute Gasteiger partial charge is 0.497 e. The first-order valence-corrected chi connectivity index (χ1v) is 9.69. The Labute approximate surface area is 171 Å². The quantitative estimate of drug-likeness (QED) is 0.380. The van der Waals surface area contributed by atoms with E-state index >= 15 is 0 Å². The number of carbonyl (C=O) groups is 2. The minimum atomic E-state index is -4.91. The van der Waals surface area contributed by atoms with Crippen LogP contribution in [0.25, 0.3) is 10.8 Å². The third-order valence-electron chi connectivity index (χ3n) is 6.39. The van der Waals surface area contributed by atoms with Gasteiger partial charge in [-0.3, -0.25) is 9.59 Å². The monoisotopic (exact) mass is 418 g/mol. The van der Waals surface area contributed by atoms with Gasteiger partial charge in [0.25, 0.3) is 0 Å². The van der Waals surface area contributed by atoms with Gasteiger partial charge in [-0.1, -0.05) is 25.1 Å². The molecular formula is C23H21F3O4. The van der Waals surface area contributed by atoms with Crippen LogP contribution in [0.2, 0.25) is 0 Å². The minimum Gasteiger partial charge on any atom is -0.497 e. The molecule has 2 aromatic carbocycles. The van der Waals surface area contributed by atoms with Crippen molar-refractivity contribution in [1.29, 1.82) is 0 Å². The summed E-state index contributed by atoms with van der Waals surface area (Å²) in [5, 5.41) is 1.99. The molecule has 2 aliphatic carbocycles. The van der Waals surface area contributed by atoms with Gasteiger partial charge in [0.1, 0.15) is 5.75 Å². The molecule has 0 bridgehead atoms. The molecule has 2 aromatic rings. The van der Waals surface area contributed by atoms with Crippen LogP contribution in [0.1, 0.15) is 43.7 Å². The lowest BCUT2D eigenvalue weighted by atomic mass is 9.66. The van der Waals surface area contributed by atoms with Crippen molar-refractivity contribution in [2.24, 2.45) is 5.41 Å². The number of Topliss-reactive ketones (excluding diaryl/α,β-unsaturated/α-hetero) is 1. The minimum absolute atomic E-state index is 0.105. The summed E-state index contributed by atoms with van der Waals surface area (Å²) >= 11 is 0. The van der Waals surface area contributed by atoms with E-state index in [1.807, 2.05) is 30.3 Å². The lowest BCUT2D eigenvalue weighted by Gasteiger charge is -2.36. The molecule has 7 heteroatoms. The van der Waals surface area contributed by atoms with E-state index in [-0.39, 0.29) is 6.42 Å². The molecule has 4 rings (SSSR count). The number of ketones is 1. The number of allylic oxidation sites excluding steroid dienone is 2. The molecule has 0 N–H and O–H groups in total. The molecule has 2 atom stereocenters. The van der Waals surface area contributed by atoms with Crippen molar-refractivity contribution in [2.75, 3.05) is 7.11 Å². The first-order chi connectivity index (χ1) is 14.1. The third-order valence-corrected chi connectivity index (χ3v) is 6.39. The van der Waals surface area contributed by atoms with E-state index in [4.69, 9.17) is 4.74 Å². The fourth-order valence-corrected chi connectivity index (χ4v) is 4.90. The van der Waals surface area contributed by atoms with Crippen molar-refractivity contribution in [1.82, 2.24) is 0 Å². The Morgan fingerprint density at radius 3 is 2.57 bits per heavy atom. The van der Waals surface area contributed by atoms with E-state index in [2.05, 4.69) is 4.74 Å². The number of hydrogen-bond donors (Lipinski definition) is 0. The van der Waals surface area contributed by atoms with Crippen molar-refractivity contribution in [3.05, 3.63) is 52.8 Å². The van der Waals surface area contributed by atoms with Crippen LogP contribution in [0.4, 0.5) is 13.2 Å². The van der Waals surface area contributed by atoms with E-state index in [9.17, 15) is 22.8 Å². The maximum absolute atomic E-state index is 13.6. The summed E-state index contributed by atoms with van der Waals surface area (Å²) in [6, 6.07) is 9.52. The molecule has 0 heterocycles. The number of methoxy groups -OCH3 is 1. The number of benzene rings is 2. The van der Waals surface area contributed by atoms with Crippen molar-refractivity contribution < 1.29 is 32.2 Å². The Bertz CT molecular complexity index is 1100. The van der Waals surface area contributed by atoms with Gasteiger partial charge in [0.2, 0.25) is 5.76 Å². The Morgan fingerprint density at radius 2 is 1.93 bits per heavy atom. The smallest absolute Gasteiger partial charge is 0.450 e. The number of ether oxygens (including phenoxy) is 2. The highest BCUT2D eigenvalue weighted by Gasteiger charge is 2.55. The van der Waals surface area contributed by atoms with Gasteiger partial charge in [0.15, 0.2) is 5.78 Å². The molecule has 0 spiro atoms. The van der Waals surface area contributed by atoms with Crippen LogP contribution < -0.4 is 4.74 Å². The van der Waals surface area contributed by atoms with Crippen molar-refractivity contribution in [3.8, 4) is 5.75 Å². The number of carbonyl (C=O) groups excluding carboxylic acids is 2. The number of aryl methyl sites for hydroxylation is 1. The first-order valence-electron chi connectivity index (χ1n) is 9.69. The first kappa shape index (κ1) is 20.4. The summed E-state index contributed by atoms with van der Waals surface area (Å²) in [5.41, 5.74) is 0.536. The second-order valence-electron chi connectivity index (χ2n) is 8.12. The standard InChI is InChI=1S/C23H21F3O4/c1-12(27)30-21(23(24,25)26)18-11-19-17-6-4-13-10-14(29-3)5-7-15(13)16(17)8-9-22(19,2)20(18)28/h4-7,10,19H,8-9,11H2,1-3H3/b21-18+/t19-,22+/m1/s1. The van der Waals surface area contributed by atoms with Crippen LogP contribution in [0, 0.1) is 5.41 Å². The van der Waals surface area contributed by atoms with E-state index in [0.29, 0.717) is 12.8 Å². The van der Waals surface area contributed by atoms with E-state index < -0.39 is 40.6 Å². The van der Waals surface area contributed by atoms with Gasteiger partial charge in [-0.2, -0.15) is 13.2 Å². The molecule has 1 fully saturated rings. The van der Waals surface area contributed by atoms with Crippen LogP contribution in [0.5, 0.6) is 5.75 Å². The molecule has 158 valence electrons. The second kappa shape index (κ2) is 6.86. The van der Waals surface area contributed by atoms with Crippen LogP contribution in [0.15, 0.2) is 41.7 Å². The highest BCUT2D eigenvalue weighted by atomic mass is 19.4. The summed E-state index contributed by atoms with van der Waals surface area (Å²) in [4.78, 5) is 24.4. The lowest BCUT2D eigenvalue weighted by Crippen LogP contribution is -2.33. The average Bonchev–Trinajstić information content (AvgIpc) is 2.95. The Hall–Kier alpha value is -2.83. The average molecular weight is 418 g/mol. The van der Waals surface area contributed by atoms with Crippen LogP contribution >= 0.6 is 0 Å². The van der Waals surface area contributed by atoms with E-state index in [0.717, 1.165) is 34.6 Å². The molecule has 0 aliphatic heterocycles. The lowest BCUT2D eigenvalue weighted by molar-refractivity contribution is -0.159. The van der Waals surface area contributed by atoms with Gasteiger partial charge in [-0.15, -0.1) is 0 Å². The fraction of sp³-hybridized carbons (Fsp3) is 0.391. The number of rotatable bonds is 2. The maximum atomic E-state index is 13.6. The Balaban J connectivity index is 1.86. The highest BCUT2D eigenvalue weighted by Crippen LogP contribution is 2.57. The molecule has 0 saturated heterocycles. The highest BCUT2D eigenvalue weighted by molar-refractivity contribution is 6.04. The zero-order valence-corrected chi connectivity index (χ0v) is 16.9. The van der Waals surface area contributed by atoms with E-state index in [1.54, 1.807) is 14.0 Å². The zero-order valence-electron chi connectivity index (χ0n) is 16.9. The molecule has 2 aliphatic rings. The molecule has 4 nitrogen and oxygen atoms in total. The van der Waals surface area contributed by atoms with Gasteiger partial charge < -0.3 is 9.47 Å². The predicted molar refractivity (Wildman–Crippen MR) is 104 cm³/mol. The summed E-state index contributed by atoms with van der Waals surface area (Å²) in [5.74, 6) is -2.82. The summed E-state index contributed by atoms with van der Waals surface area (Å²) in [6.45, 7) is 2.62. The summed E-state index contributed by atoms with van der Waals surface area (Å²) in [6.07, 6.45) is -4.00. The third kappa shape index (κ3) is 3.07. The van der Waals surface area contributed by atoms with E-state index in [1.165, 1.54) is 0 Å². The second-order valence-corrected chi connectivity index (χ2v) is 8.12. The Morgan fingerprint density at radius 1 is 1.20 bits per heavy atom. The predicted octanol–water partition coefficient (Wildman–Crippen LogP) is 5.24. The topological polar surface area (TPSA) is 52.6 Å². The number of hydrogen-bond acceptors (Lipinski definition) is 4. The number of alkyl halides is 3. The normalized spacial score (nSPS) is 25.0. The molecular weight excluding hydrogens is 397 g/mol. The van der Waals surface area contributed by atoms with Gasteiger partial charge >= 0.3 is 12.1 Å². The maximum Gasteiger partial charge on any atom is 0.450 e. The zero-order chi connectivity index (χ0) is 21.8. The molecule has 30 heavy (non-hydrogen) atoms. The Kier molecular flexibility index (Phi) is 4.67. The molecule has 0 radical (unpaired) electrons. The molecule has 1 saturated carbocycles. The van der Waals surface area contributed by atoms with Crippen molar-refractivity contribution >= 4 is 22.5 Å². The summed E-state index contributed by atoms with van der Waals surface area (Å²) < 4.78 is 50.5. The van der Waals surface area contributed by atoms with Gasteiger partial charge in [0, 0.05) is 23.8 Å². The molecule has 0 unspecified atom stereocenters. The van der Waals surface area contributed by atoms with Gasteiger partial charge in [0.05, 0.1) is 7.11 Å². The molecule has 0 amide bonds. The van der Waals surface area contributed by atoms with Crippen molar-refractivity contribution in [2.45, 2.75) is 45.2 Å². The van der Waals surface area contributed by atoms with Crippen LogP contribution in [0.3, 0.4) is 0 Å². The van der Waals surface area contributed by atoms with Gasteiger partial charge in [-0.05, 0) is 53.3 Å². The number of fused-ring (bicyclic) bond motifs is 5. The fourth-order valence-electron chi connectivity index (χ4n) is 4.90. The molecule has 0 aromatic heterocycles. The van der Waals surface area contributed by atoms with Gasteiger partial charge in [-0.25, -0.2) is 0 Å². The SMILES string of the molecule is COc1ccc2c3c(ccc2c1)[C@H]1C/C(=C(\OC(C)=O)C(F)(F)F)C(=O)[C@@]1(C)CC3. The number of halogens is 3.